The van der Waals surface area contributed by atoms with E-state index in [1.807, 2.05) is 6.07 Å². The number of anilines is 2. The largest absolute Gasteiger partial charge is 0.370 e. The fraction of sp³-hybridized carbons (Fsp3) is 0.750. The summed E-state index contributed by atoms with van der Waals surface area (Å²) in [7, 11) is 0. The zero-order chi connectivity index (χ0) is 15.3. The summed E-state index contributed by atoms with van der Waals surface area (Å²) in [4.78, 5) is 9.27. The Morgan fingerprint density at radius 1 is 1.10 bits per heavy atom. The van der Waals surface area contributed by atoms with E-state index < -0.39 is 0 Å². The summed E-state index contributed by atoms with van der Waals surface area (Å²) in [6.07, 6.45) is 1.13. The Hall–Kier alpha value is -1.32. The van der Waals surface area contributed by atoms with E-state index >= 15 is 0 Å². The molecule has 1 unspecified atom stereocenters. The van der Waals surface area contributed by atoms with Gasteiger partial charge in [-0.25, -0.2) is 9.97 Å². The third kappa shape index (κ3) is 5.35. The van der Waals surface area contributed by atoms with Crippen LogP contribution in [0.3, 0.4) is 0 Å². The molecular formula is C16H30N4. The monoisotopic (exact) mass is 278 g/mol. The standard InChI is InChI=1S/C16H30N4/c1-8-17-13-10-14(18-12(4)9-11(2)3)20-15(19-13)16(5,6)7/h10-12H,8-9H2,1-7H3,(H2,17,18,19,20). The number of nitrogens with one attached hydrogen (secondary N) is 2. The molecule has 1 rings (SSSR count). The molecule has 2 N–H and O–H groups in total. The van der Waals surface area contributed by atoms with Crippen LogP contribution in [0.4, 0.5) is 11.6 Å². The maximum absolute atomic E-state index is 4.67. The average Bonchev–Trinajstić information content (AvgIpc) is 2.26. The molecular weight excluding hydrogens is 248 g/mol. The smallest absolute Gasteiger partial charge is 0.138 e. The summed E-state index contributed by atoms with van der Waals surface area (Å²) in [6, 6.07) is 2.41. The predicted molar refractivity (Wildman–Crippen MR) is 87.4 cm³/mol. The molecule has 0 aliphatic heterocycles. The van der Waals surface area contributed by atoms with Crippen LogP contribution in [-0.4, -0.2) is 22.6 Å². The molecule has 0 saturated heterocycles. The minimum Gasteiger partial charge on any atom is -0.370 e. The van der Waals surface area contributed by atoms with Gasteiger partial charge in [0.1, 0.15) is 17.5 Å². The molecule has 0 aliphatic carbocycles. The Bertz CT molecular complexity index is 421. The van der Waals surface area contributed by atoms with Crippen LogP contribution in [0.5, 0.6) is 0 Å². The first-order chi connectivity index (χ1) is 9.22. The molecule has 20 heavy (non-hydrogen) atoms. The molecule has 0 amide bonds. The van der Waals surface area contributed by atoms with Crippen molar-refractivity contribution in [2.24, 2.45) is 5.92 Å². The van der Waals surface area contributed by atoms with Crippen LogP contribution in [0.1, 0.15) is 60.7 Å². The molecule has 0 bridgehead atoms. The van der Waals surface area contributed by atoms with Gasteiger partial charge in [0.15, 0.2) is 0 Å². The van der Waals surface area contributed by atoms with Crippen molar-refractivity contribution in [3.05, 3.63) is 11.9 Å². The van der Waals surface area contributed by atoms with E-state index in [9.17, 15) is 0 Å². The van der Waals surface area contributed by atoms with Gasteiger partial charge in [0, 0.05) is 24.1 Å². The normalized spacial score (nSPS) is 13.4. The molecule has 0 radical (unpaired) electrons. The molecule has 0 aromatic carbocycles. The fourth-order valence-electron chi connectivity index (χ4n) is 2.15. The zero-order valence-corrected chi connectivity index (χ0v) is 14.0. The maximum atomic E-state index is 4.67. The van der Waals surface area contributed by atoms with Crippen LogP contribution in [0.25, 0.3) is 0 Å². The summed E-state index contributed by atoms with van der Waals surface area (Å²) in [5, 5.41) is 6.78. The van der Waals surface area contributed by atoms with Crippen molar-refractivity contribution in [3.8, 4) is 0 Å². The molecule has 1 aromatic rings. The van der Waals surface area contributed by atoms with E-state index in [4.69, 9.17) is 0 Å². The van der Waals surface area contributed by atoms with Crippen molar-refractivity contribution in [1.82, 2.24) is 9.97 Å². The molecule has 1 aromatic heterocycles. The van der Waals surface area contributed by atoms with E-state index in [-0.39, 0.29) is 5.41 Å². The van der Waals surface area contributed by atoms with Crippen LogP contribution >= 0.6 is 0 Å². The molecule has 0 saturated carbocycles. The second-order valence-electron chi connectivity index (χ2n) is 6.92. The Balaban J connectivity index is 2.97. The number of rotatable bonds is 6. The highest BCUT2D eigenvalue weighted by molar-refractivity contribution is 5.48. The van der Waals surface area contributed by atoms with E-state index in [1.165, 1.54) is 0 Å². The lowest BCUT2D eigenvalue weighted by Gasteiger charge is -2.21. The Labute approximate surface area is 123 Å². The van der Waals surface area contributed by atoms with Crippen molar-refractivity contribution in [2.45, 2.75) is 66.3 Å². The molecule has 1 heterocycles. The highest BCUT2D eigenvalue weighted by Gasteiger charge is 2.19. The lowest BCUT2D eigenvalue weighted by Crippen LogP contribution is -2.22. The zero-order valence-electron chi connectivity index (χ0n) is 14.0. The van der Waals surface area contributed by atoms with Crippen LogP contribution < -0.4 is 10.6 Å². The summed E-state index contributed by atoms with van der Waals surface area (Å²) in [5.41, 5.74) is -0.0524. The minimum atomic E-state index is -0.0524. The van der Waals surface area contributed by atoms with Crippen molar-refractivity contribution in [3.63, 3.8) is 0 Å². The summed E-state index contributed by atoms with van der Waals surface area (Å²) >= 11 is 0. The third-order valence-electron chi connectivity index (χ3n) is 2.97. The van der Waals surface area contributed by atoms with E-state index in [1.54, 1.807) is 0 Å². The van der Waals surface area contributed by atoms with Crippen LogP contribution in [0.2, 0.25) is 0 Å². The molecule has 114 valence electrons. The van der Waals surface area contributed by atoms with E-state index in [2.05, 4.69) is 69.1 Å². The van der Waals surface area contributed by atoms with Gasteiger partial charge >= 0.3 is 0 Å². The average molecular weight is 278 g/mol. The van der Waals surface area contributed by atoms with Crippen molar-refractivity contribution in [1.29, 1.82) is 0 Å². The highest BCUT2D eigenvalue weighted by atomic mass is 15.1. The highest BCUT2D eigenvalue weighted by Crippen LogP contribution is 2.23. The predicted octanol–water partition coefficient (Wildman–Crippen LogP) is 4.05. The number of hydrogen-bond donors (Lipinski definition) is 2. The summed E-state index contributed by atoms with van der Waals surface area (Å²) in [5.74, 6) is 3.35. The van der Waals surface area contributed by atoms with Crippen molar-refractivity contribution in [2.75, 3.05) is 17.2 Å². The molecule has 0 fully saturated rings. The number of aromatic nitrogens is 2. The third-order valence-corrected chi connectivity index (χ3v) is 2.97. The van der Waals surface area contributed by atoms with Gasteiger partial charge < -0.3 is 10.6 Å². The Kier molecular flexibility index (Phi) is 5.78. The van der Waals surface area contributed by atoms with Crippen LogP contribution in [0.15, 0.2) is 6.07 Å². The van der Waals surface area contributed by atoms with Gasteiger partial charge in [-0.05, 0) is 26.2 Å². The van der Waals surface area contributed by atoms with E-state index in [0.717, 1.165) is 30.4 Å². The van der Waals surface area contributed by atoms with Crippen LogP contribution in [0, 0.1) is 5.92 Å². The second-order valence-corrected chi connectivity index (χ2v) is 6.92. The Morgan fingerprint density at radius 2 is 1.70 bits per heavy atom. The summed E-state index contributed by atoms with van der Waals surface area (Å²) < 4.78 is 0. The van der Waals surface area contributed by atoms with Gasteiger partial charge in [-0.15, -0.1) is 0 Å². The lowest BCUT2D eigenvalue weighted by molar-refractivity contribution is 0.532. The second kappa shape index (κ2) is 6.91. The minimum absolute atomic E-state index is 0.0524. The Morgan fingerprint density at radius 3 is 2.20 bits per heavy atom. The fourth-order valence-corrected chi connectivity index (χ4v) is 2.15. The van der Waals surface area contributed by atoms with Gasteiger partial charge in [-0.2, -0.15) is 0 Å². The summed E-state index contributed by atoms with van der Waals surface area (Å²) in [6.45, 7) is 16.0. The van der Waals surface area contributed by atoms with Gasteiger partial charge in [-0.3, -0.25) is 0 Å². The van der Waals surface area contributed by atoms with Gasteiger partial charge in [0.05, 0.1) is 0 Å². The maximum Gasteiger partial charge on any atom is 0.138 e. The first-order valence-corrected chi connectivity index (χ1v) is 7.62. The first kappa shape index (κ1) is 16.7. The topological polar surface area (TPSA) is 49.8 Å². The van der Waals surface area contributed by atoms with E-state index in [0.29, 0.717) is 12.0 Å². The lowest BCUT2D eigenvalue weighted by atomic mass is 9.96. The molecule has 1 atom stereocenters. The molecule has 4 heteroatoms. The van der Waals surface area contributed by atoms with Crippen molar-refractivity contribution < 1.29 is 0 Å². The van der Waals surface area contributed by atoms with Crippen LogP contribution in [-0.2, 0) is 5.41 Å². The van der Waals surface area contributed by atoms with Gasteiger partial charge in [-0.1, -0.05) is 34.6 Å². The number of nitrogens with zero attached hydrogens (tertiary/aromatic N) is 2. The SMILES string of the molecule is CCNc1cc(NC(C)CC(C)C)nc(C(C)(C)C)n1. The van der Waals surface area contributed by atoms with Gasteiger partial charge in [0.2, 0.25) is 0 Å². The van der Waals surface area contributed by atoms with Crippen molar-refractivity contribution >= 4 is 11.6 Å². The molecule has 0 aliphatic rings. The first-order valence-electron chi connectivity index (χ1n) is 7.62. The van der Waals surface area contributed by atoms with Gasteiger partial charge in [0.25, 0.3) is 0 Å². The molecule has 0 spiro atoms. The number of hydrogen-bond acceptors (Lipinski definition) is 4. The quantitative estimate of drug-likeness (QED) is 0.824. The molecule has 4 nitrogen and oxygen atoms in total.